The Hall–Kier alpha value is -3.98. The molecule has 0 radical (unpaired) electrons. The molecule has 1 saturated heterocycles. The van der Waals surface area contributed by atoms with Gasteiger partial charge in [0, 0.05) is 16.3 Å². The van der Waals surface area contributed by atoms with Crippen LogP contribution in [0.15, 0.2) is 35.9 Å². The number of benzene rings is 1. The van der Waals surface area contributed by atoms with E-state index in [4.69, 9.17) is 4.74 Å². The number of nitrogens with zero attached hydrogens (tertiary/aromatic N) is 2. The number of carbonyl (C=O) groups is 4. The number of fused-ring (bicyclic) bond motifs is 1. The Balaban J connectivity index is 1.55. The van der Waals surface area contributed by atoms with Gasteiger partial charge in [0.2, 0.25) is 0 Å². The lowest BCUT2D eigenvalue weighted by Gasteiger charge is -2.27. The lowest BCUT2D eigenvalue weighted by Crippen LogP contribution is -2.54. The lowest BCUT2D eigenvalue weighted by molar-refractivity contribution is -0.122. The molecule has 1 fully saturated rings. The number of amides is 4. The van der Waals surface area contributed by atoms with Crippen molar-refractivity contribution in [3.63, 3.8) is 0 Å². The first kappa shape index (κ1) is 28.5. The topological polar surface area (TPSA) is 97.7 Å². The Labute approximate surface area is 244 Å². The predicted molar refractivity (Wildman–Crippen MR) is 160 cm³/mol. The summed E-state index contributed by atoms with van der Waals surface area (Å²) in [6, 6.07) is 8.29. The molecule has 9 heteroatoms. The summed E-state index contributed by atoms with van der Waals surface area (Å²) in [5.41, 5.74) is 5.16. The van der Waals surface area contributed by atoms with Crippen LogP contribution in [0.3, 0.4) is 0 Å². The third-order valence-electron chi connectivity index (χ3n) is 7.70. The number of aryl methyl sites for hydroxylation is 2. The van der Waals surface area contributed by atoms with Crippen molar-refractivity contribution in [2.24, 2.45) is 0 Å². The fraction of sp³-hybridized carbons (Fsp3) is 0.375. The molecule has 1 N–H and O–H groups in total. The second-order valence-corrected chi connectivity index (χ2v) is 12.6. The molecule has 0 unspecified atom stereocenters. The number of ether oxygens (including phenoxy) is 1. The van der Waals surface area contributed by atoms with Crippen molar-refractivity contribution in [2.75, 3.05) is 11.5 Å². The Morgan fingerprint density at radius 1 is 1.07 bits per heavy atom. The van der Waals surface area contributed by atoms with E-state index in [0.717, 1.165) is 58.1 Å². The first-order valence-electron chi connectivity index (χ1n) is 13.9. The molecule has 0 atom stereocenters. The van der Waals surface area contributed by atoms with E-state index in [1.54, 1.807) is 30.4 Å². The van der Waals surface area contributed by atoms with Crippen molar-refractivity contribution in [1.82, 2.24) is 9.88 Å². The molecule has 0 bridgehead atoms. The van der Waals surface area contributed by atoms with Gasteiger partial charge in [-0.3, -0.25) is 14.9 Å². The average Bonchev–Trinajstić information content (AvgIpc) is 3.42. The van der Waals surface area contributed by atoms with Crippen LogP contribution in [-0.4, -0.2) is 35.0 Å². The van der Waals surface area contributed by atoms with Gasteiger partial charge < -0.3 is 9.30 Å². The van der Waals surface area contributed by atoms with Crippen LogP contribution in [0.1, 0.15) is 83.8 Å². The van der Waals surface area contributed by atoms with Crippen molar-refractivity contribution in [1.29, 1.82) is 0 Å². The van der Waals surface area contributed by atoms with E-state index in [0.29, 0.717) is 16.8 Å². The summed E-state index contributed by atoms with van der Waals surface area (Å²) in [6.45, 7) is 12.2. The molecule has 5 rings (SSSR count). The van der Waals surface area contributed by atoms with Gasteiger partial charge in [0.25, 0.3) is 11.8 Å². The average molecular weight is 574 g/mol. The first-order valence-corrected chi connectivity index (χ1v) is 14.8. The van der Waals surface area contributed by atoms with Crippen molar-refractivity contribution < 1.29 is 23.9 Å². The van der Waals surface area contributed by atoms with E-state index in [1.807, 2.05) is 36.6 Å². The molecule has 3 aromatic rings. The third kappa shape index (κ3) is 5.14. The first-order chi connectivity index (χ1) is 19.4. The van der Waals surface area contributed by atoms with Crippen molar-refractivity contribution in [2.45, 2.75) is 72.6 Å². The summed E-state index contributed by atoms with van der Waals surface area (Å²) in [7, 11) is 0. The number of thiophene rings is 1. The van der Waals surface area contributed by atoms with Gasteiger partial charge in [-0.15, -0.1) is 11.3 Å². The van der Waals surface area contributed by atoms with Crippen molar-refractivity contribution in [3.8, 4) is 5.00 Å². The standard InChI is InChI=1S/C32H35N3O5S/c1-7-40-30(38)26-23-10-8-9-11-25(23)41-29(26)34-18(2)16-20(19(34)3)17-24-27(36)33-31(39)35(28(24)37)22-14-12-21(13-15-22)32(4,5)6/h12-17H,7-11H2,1-6H3,(H,33,36,39). The minimum Gasteiger partial charge on any atom is -0.462 e. The van der Waals surface area contributed by atoms with E-state index in [9.17, 15) is 19.2 Å². The number of hydrogen-bond acceptors (Lipinski definition) is 6. The highest BCUT2D eigenvalue weighted by Crippen LogP contribution is 2.39. The Kier molecular flexibility index (Phi) is 7.50. The molecule has 0 spiro atoms. The zero-order chi connectivity index (χ0) is 29.6. The Morgan fingerprint density at radius 3 is 2.41 bits per heavy atom. The van der Waals surface area contributed by atoms with Crippen LogP contribution in [0.4, 0.5) is 10.5 Å². The van der Waals surface area contributed by atoms with Gasteiger partial charge in [0.05, 0.1) is 17.9 Å². The molecule has 4 amide bonds. The van der Waals surface area contributed by atoms with Gasteiger partial charge in [-0.05, 0) is 92.8 Å². The zero-order valence-corrected chi connectivity index (χ0v) is 25.2. The number of aromatic nitrogens is 1. The maximum Gasteiger partial charge on any atom is 0.341 e. The van der Waals surface area contributed by atoms with E-state index in [-0.39, 0.29) is 23.6 Å². The number of imide groups is 2. The summed E-state index contributed by atoms with van der Waals surface area (Å²) in [4.78, 5) is 54.5. The highest BCUT2D eigenvalue weighted by Gasteiger charge is 2.37. The molecular weight excluding hydrogens is 538 g/mol. The van der Waals surface area contributed by atoms with Crippen LogP contribution in [-0.2, 0) is 32.6 Å². The number of barbiturate groups is 1. The second-order valence-electron chi connectivity index (χ2n) is 11.5. The van der Waals surface area contributed by atoms with Gasteiger partial charge in [-0.1, -0.05) is 32.9 Å². The summed E-state index contributed by atoms with van der Waals surface area (Å²) in [5.74, 6) is -1.76. The van der Waals surface area contributed by atoms with E-state index < -0.39 is 17.8 Å². The van der Waals surface area contributed by atoms with E-state index >= 15 is 0 Å². The van der Waals surface area contributed by atoms with Crippen molar-refractivity contribution >= 4 is 46.9 Å². The van der Waals surface area contributed by atoms with Crippen LogP contribution in [0, 0.1) is 13.8 Å². The van der Waals surface area contributed by atoms with Crippen LogP contribution in [0.5, 0.6) is 0 Å². The number of esters is 1. The fourth-order valence-corrected chi connectivity index (χ4v) is 7.01. The maximum atomic E-state index is 13.6. The Morgan fingerprint density at radius 2 is 1.76 bits per heavy atom. The second kappa shape index (κ2) is 10.8. The number of nitrogens with one attached hydrogen (secondary N) is 1. The molecule has 2 aromatic heterocycles. The van der Waals surface area contributed by atoms with Crippen LogP contribution < -0.4 is 10.2 Å². The highest BCUT2D eigenvalue weighted by atomic mass is 32.1. The van der Waals surface area contributed by atoms with Crippen LogP contribution in [0.2, 0.25) is 0 Å². The molecule has 1 aliphatic carbocycles. The van der Waals surface area contributed by atoms with Gasteiger partial charge in [-0.2, -0.15) is 0 Å². The largest absolute Gasteiger partial charge is 0.462 e. The highest BCUT2D eigenvalue weighted by molar-refractivity contribution is 7.15. The van der Waals surface area contributed by atoms with Gasteiger partial charge in [0.1, 0.15) is 10.6 Å². The molecule has 2 aliphatic rings. The number of hydrogen-bond donors (Lipinski definition) is 1. The predicted octanol–water partition coefficient (Wildman–Crippen LogP) is 6.18. The molecule has 214 valence electrons. The molecule has 1 aromatic carbocycles. The molecule has 1 aliphatic heterocycles. The van der Waals surface area contributed by atoms with Gasteiger partial charge in [-0.25, -0.2) is 14.5 Å². The summed E-state index contributed by atoms with van der Waals surface area (Å²) in [6.07, 6.45) is 5.41. The zero-order valence-electron chi connectivity index (χ0n) is 24.3. The molecule has 41 heavy (non-hydrogen) atoms. The molecular formula is C32H35N3O5S. The SMILES string of the molecule is CCOC(=O)c1c(-n2c(C)cc(C=C3C(=O)NC(=O)N(c4ccc(C(C)(C)C)cc4)C3=O)c2C)sc2c1CCCC2. The van der Waals surface area contributed by atoms with Crippen LogP contribution >= 0.6 is 11.3 Å². The van der Waals surface area contributed by atoms with E-state index in [1.165, 1.54) is 11.0 Å². The van der Waals surface area contributed by atoms with E-state index in [2.05, 4.69) is 26.1 Å². The minimum absolute atomic E-state index is 0.0920. The summed E-state index contributed by atoms with van der Waals surface area (Å²) in [5, 5.41) is 3.11. The maximum absolute atomic E-state index is 13.6. The smallest absolute Gasteiger partial charge is 0.341 e. The number of anilines is 1. The molecule has 3 heterocycles. The third-order valence-corrected chi connectivity index (χ3v) is 8.98. The minimum atomic E-state index is -0.783. The molecule has 8 nitrogen and oxygen atoms in total. The lowest BCUT2D eigenvalue weighted by atomic mass is 9.87. The fourth-order valence-electron chi connectivity index (χ4n) is 5.53. The van der Waals surface area contributed by atoms with Crippen molar-refractivity contribution in [3.05, 3.63) is 74.4 Å². The number of carbonyl (C=O) groups excluding carboxylic acids is 4. The summed E-state index contributed by atoms with van der Waals surface area (Å²) >= 11 is 1.60. The monoisotopic (exact) mass is 573 g/mol. The number of urea groups is 1. The van der Waals surface area contributed by atoms with Gasteiger partial charge >= 0.3 is 12.0 Å². The molecule has 0 saturated carbocycles. The normalized spacial score (nSPS) is 16.7. The quantitative estimate of drug-likeness (QED) is 0.224. The van der Waals surface area contributed by atoms with Crippen LogP contribution in [0.25, 0.3) is 11.1 Å². The summed E-state index contributed by atoms with van der Waals surface area (Å²) < 4.78 is 7.45. The number of rotatable bonds is 5. The van der Waals surface area contributed by atoms with Gasteiger partial charge in [0.15, 0.2) is 0 Å². The Bertz CT molecular complexity index is 1600.